The van der Waals surface area contributed by atoms with E-state index >= 15 is 0 Å². The lowest BCUT2D eigenvalue weighted by Gasteiger charge is -2.11. The van der Waals surface area contributed by atoms with Crippen molar-refractivity contribution in [1.29, 1.82) is 0 Å². The molecule has 68 valence electrons. The molecule has 0 saturated carbocycles. The highest BCUT2D eigenvalue weighted by atomic mass is 19.4. The van der Waals surface area contributed by atoms with Crippen LogP contribution in [0.2, 0.25) is 0 Å². The molecule has 0 nitrogen and oxygen atoms in total. The van der Waals surface area contributed by atoms with Gasteiger partial charge in [0.1, 0.15) is 0 Å². The molecule has 0 spiro atoms. The lowest BCUT2D eigenvalue weighted by Crippen LogP contribution is -2.09. The molecule has 0 unspecified atom stereocenters. The summed E-state index contributed by atoms with van der Waals surface area (Å²) in [7, 11) is 0. The van der Waals surface area contributed by atoms with Crippen LogP contribution in [0.3, 0.4) is 0 Å². The molecule has 0 fully saturated rings. The van der Waals surface area contributed by atoms with Crippen LogP contribution in [0, 0.1) is 5.92 Å². The second kappa shape index (κ2) is 4.62. The van der Waals surface area contributed by atoms with Crippen LogP contribution in [-0.2, 0) is 0 Å². The van der Waals surface area contributed by atoms with Gasteiger partial charge in [0.15, 0.2) is 0 Å². The second-order valence-corrected chi connectivity index (χ2v) is 3.05. The Hall–Kier alpha value is -0.210. The summed E-state index contributed by atoms with van der Waals surface area (Å²) in [6, 6.07) is 0. The molecule has 0 radical (unpaired) electrons. The van der Waals surface area contributed by atoms with Crippen LogP contribution in [0.5, 0.6) is 0 Å². The molecular formula is C8H15F3. The molecule has 0 amide bonds. The predicted octanol–water partition coefficient (Wildman–Crippen LogP) is 3.77. The summed E-state index contributed by atoms with van der Waals surface area (Å²) in [4.78, 5) is 0. The van der Waals surface area contributed by atoms with E-state index in [0.717, 1.165) is 12.8 Å². The largest absolute Gasteiger partial charge is 0.389 e. The van der Waals surface area contributed by atoms with Gasteiger partial charge in [-0.1, -0.05) is 26.7 Å². The summed E-state index contributed by atoms with van der Waals surface area (Å²) in [6.45, 7) is 3.86. The van der Waals surface area contributed by atoms with Gasteiger partial charge >= 0.3 is 6.18 Å². The molecule has 0 N–H and O–H groups in total. The quantitative estimate of drug-likeness (QED) is 0.599. The maximum absolute atomic E-state index is 11.7. The van der Waals surface area contributed by atoms with Gasteiger partial charge < -0.3 is 0 Å². The van der Waals surface area contributed by atoms with E-state index in [0.29, 0.717) is 0 Å². The average molecular weight is 168 g/mol. The van der Waals surface area contributed by atoms with E-state index in [4.69, 9.17) is 0 Å². The van der Waals surface area contributed by atoms with E-state index in [1.54, 1.807) is 0 Å². The van der Waals surface area contributed by atoms with Gasteiger partial charge in [-0.3, -0.25) is 0 Å². The Bertz CT molecular complexity index is 96.0. The van der Waals surface area contributed by atoms with Gasteiger partial charge in [-0.2, -0.15) is 13.2 Å². The van der Waals surface area contributed by atoms with Crippen LogP contribution >= 0.6 is 0 Å². The van der Waals surface area contributed by atoms with Crippen molar-refractivity contribution in [3.63, 3.8) is 0 Å². The third-order valence-electron chi connectivity index (χ3n) is 1.70. The summed E-state index contributed by atoms with van der Waals surface area (Å²) in [5.74, 6) is 0.210. The first-order chi connectivity index (χ1) is 4.95. The van der Waals surface area contributed by atoms with Gasteiger partial charge in [-0.05, 0) is 12.3 Å². The van der Waals surface area contributed by atoms with Crippen molar-refractivity contribution in [2.45, 2.75) is 45.7 Å². The van der Waals surface area contributed by atoms with Crippen LogP contribution in [0.4, 0.5) is 13.2 Å². The smallest absolute Gasteiger partial charge is 0.171 e. The number of halogens is 3. The zero-order chi connectivity index (χ0) is 8.91. The third-order valence-corrected chi connectivity index (χ3v) is 1.70. The zero-order valence-electron chi connectivity index (χ0n) is 7.04. The van der Waals surface area contributed by atoms with E-state index in [1.807, 2.05) is 13.8 Å². The molecular weight excluding hydrogens is 153 g/mol. The van der Waals surface area contributed by atoms with E-state index < -0.39 is 12.6 Å². The molecule has 0 saturated heterocycles. The van der Waals surface area contributed by atoms with Crippen LogP contribution < -0.4 is 0 Å². The molecule has 11 heavy (non-hydrogen) atoms. The Kier molecular flexibility index (Phi) is 4.54. The molecule has 0 aromatic rings. The number of rotatable bonds is 4. The number of alkyl halides is 3. The van der Waals surface area contributed by atoms with Gasteiger partial charge in [0.25, 0.3) is 0 Å². The topological polar surface area (TPSA) is 0 Å². The van der Waals surface area contributed by atoms with Gasteiger partial charge in [-0.15, -0.1) is 0 Å². The number of hydrogen-bond acceptors (Lipinski definition) is 0. The fourth-order valence-electron chi connectivity index (χ4n) is 1.05. The minimum absolute atomic E-state index is 0.210. The molecule has 0 aliphatic carbocycles. The molecule has 0 aliphatic rings. The normalized spacial score (nSPS) is 15.0. The Labute approximate surface area is 65.8 Å². The lowest BCUT2D eigenvalue weighted by atomic mass is 10.0. The van der Waals surface area contributed by atoms with Crippen LogP contribution in [0.1, 0.15) is 39.5 Å². The van der Waals surface area contributed by atoms with Crippen LogP contribution in [0.25, 0.3) is 0 Å². The van der Waals surface area contributed by atoms with Crippen molar-refractivity contribution in [2.75, 3.05) is 0 Å². The molecule has 1 atom stereocenters. The summed E-state index contributed by atoms with van der Waals surface area (Å²) in [5, 5.41) is 0. The van der Waals surface area contributed by atoms with Crippen LogP contribution in [0.15, 0.2) is 0 Å². The standard InChI is InChI=1S/C8H15F3/c1-3-4-7(2)5-6-8(9,10)11/h7H,3-6H2,1-2H3/t7-/m0/s1. The lowest BCUT2D eigenvalue weighted by molar-refractivity contribution is -0.137. The number of hydrogen-bond donors (Lipinski definition) is 0. The van der Waals surface area contributed by atoms with E-state index in [-0.39, 0.29) is 12.3 Å². The first kappa shape index (κ1) is 10.8. The molecule has 0 aromatic carbocycles. The van der Waals surface area contributed by atoms with Gasteiger partial charge in [0, 0.05) is 6.42 Å². The maximum atomic E-state index is 11.7. The molecule has 0 aliphatic heterocycles. The minimum Gasteiger partial charge on any atom is -0.171 e. The molecule has 0 bridgehead atoms. The highest BCUT2D eigenvalue weighted by Crippen LogP contribution is 2.25. The monoisotopic (exact) mass is 168 g/mol. The molecule has 0 aromatic heterocycles. The van der Waals surface area contributed by atoms with E-state index in [2.05, 4.69) is 0 Å². The van der Waals surface area contributed by atoms with Gasteiger partial charge in [-0.25, -0.2) is 0 Å². The Morgan fingerprint density at radius 2 is 1.73 bits per heavy atom. The highest BCUT2D eigenvalue weighted by molar-refractivity contribution is 4.56. The Morgan fingerprint density at radius 1 is 1.18 bits per heavy atom. The maximum Gasteiger partial charge on any atom is 0.389 e. The van der Waals surface area contributed by atoms with Crippen molar-refractivity contribution in [1.82, 2.24) is 0 Å². The Balaban J connectivity index is 3.38. The SMILES string of the molecule is CCC[C@H](C)CCC(F)(F)F. The van der Waals surface area contributed by atoms with Gasteiger partial charge in [0.2, 0.25) is 0 Å². The zero-order valence-corrected chi connectivity index (χ0v) is 7.04. The minimum atomic E-state index is -3.97. The van der Waals surface area contributed by atoms with Crippen molar-refractivity contribution in [3.8, 4) is 0 Å². The third kappa shape index (κ3) is 7.69. The van der Waals surface area contributed by atoms with Crippen molar-refractivity contribution < 1.29 is 13.2 Å². The van der Waals surface area contributed by atoms with Crippen molar-refractivity contribution >= 4 is 0 Å². The molecule has 0 heterocycles. The first-order valence-electron chi connectivity index (χ1n) is 4.02. The van der Waals surface area contributed by atoms with Crippen molar-refractivity contribution in [3.05, 3.63) is 0 Å². The summed E-state index contributed by atoms with van der Waals surface area (Å²) in [6.07, 6.45) is -2.46. The molecule has 3 heteroatoms. The highest BCUT2D eigenvalue weighted by Gasteiger charge is 2.26. The van der Waals surface area contributed by atoms with Crippen molar-refractivity contribution in [2.24, 2.45) is 5.92 Å². The fourth-order valence-corrected chi connectivity index (χ4v) is 1.05. The average Bonchev–Trinajstić information content (AvgIpc) is 1.83. The molecule has 0 rings (SSSR count). The van der Waals surface area contributed by atoms with Gasteiger partial charge in [0.05, 0.1) is 0 Å². The summed E-state index contributed by atoms with van der Waals surface area (Å²) < 4.78 is 35.0. The summed E-state index contributed by atoms with van der Waals surface area (Å²) in [5.41, 5.74) is 0. The van der Waals surface area contributed by atoms with Crippen LogP contribution in [-0.4, -0.2) is 6.18 Å². The summed E-state index contributed by atoms with van der Waals surface area (Å²) >= 11 is 0. The predicted molar refractivity (Wildman–Crippen MR) is 39.4 cm³/mol. The second-order valence-electron chi connectivity index (χ2n) is 3.05. The Morgan fingerprint density at radius 3 is 2.09 bits per heavy atom. The first-order valence-corrected chi connectivity index (χ1v) is 4.02. The van der Waals surface area contributed by atoms with E-state index in [9.17, 15) is 13.2 Å². The fraction of sp³-hybridized carbons (Fsp3) is 1.00. The van der Waals surface area contributed by atoms with E-state index in [1.165, 1.54) is 0 Å².